The maximum atomic E-state index is 12.6. The lowest BCUT2D eigenvalue weighted by molar-refractivity contribution is -0.139. The van der Waals surface area contributed by atoms with Crippen LogP contribution < -0.4 is 9.47 Å². The quantitative estimate of drug-likeness (QED) is 0.511. The van der Waals surface area contributed by atoms with Crippen molar-refractivity contribution in [3.05, 3.63) is 64.7 Å². The zero-order valence-electron chi connectivity index (χ0n) is 15.6. The van der Waals surface area contributed by atoms with Gasteiger partial charge in [-0.15, -0.1) is 0 Å². The smallest absolute Gasteiger partial charge is 0.295 e. The standard InChI is InChI=1S/C21H21NO5/c1-12-5-7-13(8-6-12)19(23)17-18(22(2)21(25)20(17)24)15-10-9-14(26-3)11-16(15)27-4/h5-11,18,23H,1-4H3. The lowest BCUT2D eigenvalue weighted by Gasteiger charge is -2.23. The first-order valence-electron chi connectivity index (χ1n) is 8.42. The van der Waals surface area contributed by atoms with Crippen molar-refractivity contribution in [1.29, 1.82) is 0 Å². The van der Waals surface area contributed by atoms with Crippen LogP contribution in [0.4, 0.5) is 0 Å². The van der Waals surface area contributed by atoms with Crippen LogP contribution in [0.15, 0.2) is 48.0 Å². The summed E-state index contributed by atoms with van der Waals surface area (Å²) in [6.07, 6.45) is 0. The number of methoxy groups -OCH3 is 2. The number of nitrogens with zero attached hydrogens (tertiary/aromatic N) is 1. The maximum absolute atomic E-state index is 12.6. The van der Waals surface area contributed by atoms with Gasteiger partial charge in [0.15, 0.2) is 0 Å². The Kier molecular flexibility index (Phi) is 4.90. The number of aliphatic hydroxyl groups is 1. The van der Waals surface area contributed by atoms with Gasteiger partial charge in [0, 0.05) is 24.2 Å². The van der Waals surface area contributed by atoms with Crippen LogP contribution in [-0.4, -0.2) is 43.0 Å². The molecule has 27 heavy (non-hydrogen) atoms. The largest absolute Gasteiger partial charge is 0.507 e. The topological polar surface area (TPSA) is 76.1 Å². The Morgan fingerprint density at radius 1 is 1.04 bits per heavy atom. The van der Waals surface area contributed by atoms with Gasteiger partial charge in [-0.2, -0.15) is 0 Å². The molecule has 1 heterocycles. The van der Waals surface area contributed by atoms with E-state index in [4.69, 9.17) is 9.47 Å². The second-order valence-electron chi connectivity index (χ2n) is 6.38. The van der Waals surface area contributed by atoms with Crippen LogP contribution in [0, 0.1) is 6.92 Å². The van der Waals surface area contributed by atoms with E-state index >= 15 is 0 Å². The monoisotopic (exact) mass is 367 g/mol. The van der Waals surface area contributed by atoms with Gasteiger partial charge >= 0.3 is 0 Å². The highest BCUT2D eigenvalue weighted by Gasteiger charge is 2.45. The molecular formula is C21H21NO5. The Labute approximate surface area is 157 Å². The molecule has 1 aliphatic rings. The first-order chi connectivity index (χ1) is 12.9. The van der Waals surface area contributed by atoms with Crippen molar-refractivity contribution in [3.63, 3.8) is 0 Å². The molecule has 1 N–H and O–H groups in total. The van der Waals surface area contributed by atoms with Crippen molar-refractivity contribution >= 4 is 17.4 Å². The van der Waals surface area contributed by atoms with Gasteiger partial charge < -0.3 is 19.5 Å². The lowest BCUT2D eigenvalue weighted by Crippen LogP contribution is -2.25. The van der Waals surface area contributed by atoms with Gasteiger partial charge in [0.1, 0.15) is 17.3 Å². The normalized spacial score (nSPS) is 18.7. The third-order valence-electron chi connectivity index (χ3n) is 4.74. The van der Waals surface area contributed by atoms with Crippen LogP contribution in [0.5, 0.6) is 11.5 Å². The zero-order chi connectivity index (χ0) is 19.7. The number of amides is 1. The average molecular weight is 367 g/mol. The van der Waals surface area contributed by atoms with Gasteiger partial charge in [-0.25, -0.2) is 0 Å². The van der Waals surface area contributed by atoms with E-state index in [1.165, 1.54) is 26.2 Å². The van der Waals surface area contributed by atoms with Crippen molar-refractivity contribution in [2.75, 3.05) is 21.3 Å². The summed E-state index contributed by atoms with van der Waals surface area (Å²) in [6, 6.07) is 11.5. The zero-order valence-corrected chi connectivity index (χ0v) is 15.6. The summed E-state index contributed by atoms with van der Waals surface area (Å²) < 4.78 is 10.6. The van der Waals surface area contributed by atoms with E-state index in [1.54, 1.807) is 30.3 Å². The van der Waals surface area contributed by atoms with Gasteiger partial charge in [0.05, 0.1) is 25.8 Å². The third-order valence-corrected chi connectivity index (χ3v) is 4.74. The van der Waals surface area contributed by atoms with Crippen molar-refractivity contribution in [2.45, 2.75) is 13.0 Å². The highest BCUT2D eigenvalue weighted by atomic mass is 16.5. The van der Waals surface area contributed by atoms with E-state index in [1.807, 2.05) is 19.1 Å². The van der Waals surface area contributed by atoms with Gasteiger partial charge in [0.2, 0.25) is 0 Å². The van der Waals surface area contributed by atoms with Crippen LogP contribution in [-0.2, 0) is 9.59 Å². The minimum absolute atomic E-state index is 0.0369. The van der Waals surface area contributed by atoms with Crippen molar-refractivity contribution in [1.82, 2.24) is 4.90 Å². The number of aryl methyl sites for hydroxylation is 1. The van der Waals surface area contributed by atoms with Crippen LogP contribution in [0.25, 0.3) is 5.76 Å². The van der Waals surface area contributed by atoms with E-state index < -0.39 is 17.7 Å². The molecule has 1 unspecified atom stereocenters. The molecule has 2 aromatic carbocycles. The fraction of sp³-hybridized carbons (Fsp3) is 0.238. The van der Waals surface area contributed by atoms with Gasteiger partial charge in [0.25, 0.3) is 11.7 Å². The maximum Gasteiger partial charge on any atom is 0.295 e. The minimum Gasteiger partial charge on any atom is -0.507 e. The molecule has 0 bridgehead atoms. The number of ketones is 1. The summed E-state index contributed by atoms with van der Waals surface area (Å²) in [5, 5.41) is 10.8. The summed E-state index contributed by atoms with van der Waals surface area (Å²) in [5.74, 6) is -0.560. The SMILES string of the molecule is COc1ccc(C2C(=C(O)c3ccc(C)cc3)C(=O)C(=O)N2C)c(OC)c1. The molecule has 6 heteroatoms. The molecule has 0 aromatic heterocycles. The van der Waals surface area contributed by atoms with Crippen molar-refractivity contribution in [2.24, 2.45) is 0 Å². The Morgan fingerprint density at radius 2 is 1.70 bits per heavy atom. The number of hydrogen-bond donors (Lipinski definition) is 1. The number of likely N-dealkylation sites (N-methyl/N-ethyl adjacent to an activating group) is 1. The molecule has 0 saturated carbocycles. The second-order valence-corrected chi connectivity index (χ2v) is 6.38. The van der Waals surface area contributed by atoms with E-state index in [2.05, 4.69) is 0 Å². The third kappa shape index (κ3) is 3.14. The van der Waals surface area contributed by atoms with Crippen LogP contribution >= 0.6 is 0 Å². The molecule has 2 aromatic rings. The molecule has 0 aliphatic carbocycles. The van der Waals surface area contributed by atoms with E-state index in [0.717, 1.165) is 5.56 Å². The first-order valence-corrected chi connectivity index (χ1v) is 8.42. The molecule has 1 saturated heterocycles. The summed E-state index contributed by atoms with van der Waals surface area (Å²) in [5.41, 5.74) is 2.13. The number of ether oxygens (including phenoxy) is 2. The fourth-order valence-electron chi connectivity index (χ4n) is 3.22. The van der Waals surface area contributed by atoms with E-state index in [9.17, 15) is 14.7 Å². The van der Waals surface area contributed by atoms with Crippen LogP contribution in [0.1, 0.15) is 22.7 Å². The number of benzene rings is 2. The number of likely N-dealkylation sites (tertiary alicyclic amines) is 1. The first kappa shape index (κ1) is 18.5. The fourth-order valence-corrected chi connectivity index (χ4v) is 3.22. The highest BCUT2D eigenvalue weighted by molar-refractivity contribution is 6.46. The minimum atomic E-state index is -0.757. The van der Waals surface area contributed by atoms with Crippen molar-refractivity contribution in [3.8, 4) is 11.5 Å². The number of hydrogen-bond acceptors (Lipinski definition) is 5. The van der Waals surface area contributed by atoms with Gasteiger partial charge in [-0.1, -0.05) is 29.8 Å². The predicted molar refractivity (Wildman–Crippen MR) is 101 cm³/mol. The second kappa shape index (κ2) is 7.15. The number of carbonyl (C=O) groups is 2. The van der Waals surface area contributed by atoms with Crippen LogP contribution in [0.2, 0.25) is 0 Å². The Bertz CT molecular complexity index is 930. The number of Topliss-reactive ketones (excluding diaryl/α,β-unsaturated/α-hetero) is 1. The molecule has 1 fully saturated rings. The molecular weight excluding hydrogens is 346 g/mol. The summed E-state index contributed by atoms with van der Waals surface area (Å²) in [7, 11) is 4.57. The Balaban J connectivity index is 2.20. The van der Waals surface area contributed by atoms with E-state index in [0.29, 0.717) is 22.6 Å². The molecule has 0 spiro atoms. The highest BCUT2D eigenvalue weighted by Crippen LogP contribution is 2.42. The summed E-state index contributed by atoms with van der Waals surface area (Å²) >= 11 is 0. The molecule has 1 aliphatic heterocycles. The molecule has 6 nitrogen and oxygen atoms in total. The molecule has 3 rings (SSSR count). The average Bonchev–Trinajstić information content (AvgIpc) is 2.91. The Morgan fingerprint density at radius 3 is 2.30 bits per heavy atom. The van der Waals surface area contributed by atoms with Crippen LogP contribution in [0.3, 0.4) is 0 Å². The summed E-state index contributed by atoms with van der Waals surface area (Å²) in [6.45, 7) is 1.93. The van der Waals surface area contributed by atoms with Gasteiger partial charge in [-0.3, -0.25) is 9.59 Å². The molecule has 140 valence electrons. The lowest BCUT2D eigenvalue weighted by atomic mass is 9.94. The van der Waals surface area contributed by atoms with E-state index in [-0.39, 0.29) is 11.3 Å². The van der Waals surface area contributed by atoms with Gasteiger partial charge in [-0.05, 0) is 19.1 Å². The Hall–Kier alpha value is -3.28. The number of rotatable bonds is 4. The summed E-state index contributed by atoms with van der Waals surface area (Å²) in [4.78, 5) is 26.3. The number of aliphatic hydroxyl groups excluding tert-OH is 1. The number of carbonyl (C=O) groups excluding carboxylic acids is 2. The predicted octanol–water partition coefficient (Wildman–Crippen LogP) is 3.06. The van der Waals surface area contributed by atoms with Crippen molar-refractivity contribution < 1.29 is 24.2 Å². The molecule has 0 radical (unpaired) electrons. The molecule has 1 atom stereocenters. The molecule has 1 amide bonds.